The number of fused-ring (bicyclic) bond motifs is 1. The summed E-state index contributed by atoms with van der Waals surface area (Å²) in [5.41, 5.74) is 1.04. The number of para-hydroxylation sites is 2. The Bertz CT molecular complexity index is 1200. The van der Waals surface area contributed by atoms with Crippen molar-refractivity contribution in [3.63, 3.8) is 0 Å². The molecule has 4 rings (SSSR count). The van der Waals surface area contributed by atoms with Crippen LogP contribution in [0.3, 0.4) is 0 Å². The summed E-state index contributed by atoms with van der Waals surface area (Å²) < 4.78 is 1.23. The molecule has 0 aromatic heterocycles. The van der Waals surface area contributed by atoms with Gasteiger partial charge in [0.25, 0.3) is 0 Å². The quantitative estimate of drug-likeness (QED) is 0.299. The monoisotopic (exact) mass is 497 g/mol. The molecule has 1 aliphatic rings. The fourth-order valence-electron chi connectivity index (χ4n) is 3.38. The fraction of sp³-hybridized carbons (Fsp3) is 0.136. The average Bonchev–Trinajstić information content (AvgIpc) is 2.79. The van der Waals surface area contributed by atoms with Crippen molar-refractivity contribution in [2.45, 2.75) is 17.8 Å². The molecule has 0 saturated heterocycles. The predicted octanol–water partition coefficient (Wildman–Crippen LogP) is 4.28. The van der Waals surface area contributed by atoms with E-state index in [9.17, 15) is 20.2 Å². The maximum atomic E-state index is 11.6. The molecule has 10 heteroatoms. The second-order valence-corrected chi connectivity index (χ2v) is 10.2. The van der Waals surface area contributed by atoms with Gasteiger partial charge in [0, 0.05) is 0 Å². The van der Waals surface area contributed by atoms with Gasteiger partial charge in [-0.15, -0.1) is 0 Å². The summed E-state index contributed by atoms with van der Waals surface area (Å²) in [4.78, 5) is 26.0. The van der Waals surface area contributed by atoms with E-state index in [2.05, 4.69) is 34.7 Å². The third-order valence-corrected chi connectivity index (χ3v) is 7.43. The number of nitrogens with one attached hydrogen (secondary N) is 2. The second-order valence-electron chi connectivity index (χ2n) is 7.11. The molecule has 0 bridgehead atoms. The van der Waals surface area contributed by atoms with E-state index in [1.54, 1.807) is 0 Å². The number of rotatable bonds is 6. The normalized spacial score (nSPS) is 17.0. The summed E-state index contributed by atoms with van der Waals surface area (Å²) in [6.45, 7) is 2.11. The summed E-state index contributed by atoms with van der Waals surface area (Å²) >= 11 is 0.106. The Hall–Kier alpha value is -3.75. The van der Waals surface area contributed by atoms with Crippen LogP contribution in [0, 0.1) is 20.2 Å². The number of hydrogen-bond donors (Lipinski definition) is 2. The van der Waals surface area contributed by atoms with Crippen LogP contribution in [0.1, 0.15) is 6.92 Å². The molecule has 32 heavy (non-hydrogen) atoms. The van der Waals surface area contributed by atoms with E-state index < -0.39 is 15.5 Å². The molecule has 0 radical (unpaired) electrons. The van der Waals surface area contributed by atoms with Crippen molar-refractivity contribution in [2.24, 2.45) is 4.99 Å². The van der Waals surface area contributed by atoms with E-state index in [1.807, 2.05) is 42.5 Å². The Morgan fingerprint density at radius 3 is 2.31 bits per heavy atom. The standard InChI is InChI=1S/C22H19N5O4Se/c1-14(32-16-7-3-2-4-8-16)21-22(24-18-10-6-5-9-17(18)23-21)25-19-12-11-15(26(28)29)13-20(19)27(30)31/h2-14,21,23H,1H3,(H,24,25). The topological polar surface area (TPSA) is 123 Å². The van der Waals surface area contributed by atoms with Crippen LogP contribution in [0.5, 0.6) is 0 Å². The molecule has 2 atom stereocenters. The molecule has 2 unspecified atom stereocenters. The van der Waals surface area contributed by atoms with E-state index in [0.717, 1.165) is 17.4 Å². The molecule has 1 aliphatic heterocycles. The van der Waals surface area contributed by atoms with E-state index in [-0.39, 0.29) is 37.2 Å². The molecule has 2 N–H and O–H groups in total. The van der Waals surface area contributed by atoms with Crippen molar-refractivity contribution in [1.29, 1.82) is 0 Å². The van der Waals surface area contributed by atoms with Gasteiger partial charge in [-0.05, 0) is 0 Å². The summed E-state index contributed by atoms with van der Waals surface area (Å²) in [7, 11) is 0. The van der Waals surface area contributed by atoms with Gasteiger partial charge in [-0.1, -0.05) is 0 Å². The number of nitro benzene ring substituents is 2. The molecule has 3 aromatic carbocycles. The third-order valence-electron chi connectivity index (χ3n) is 4.94. The van der Waals surface area contributed by atoms with E-state index >= 15 is 0 Å². The van der Waals surface area contributed by atoms with Crippen LogP contribution in [-0.4, -0.2) is 36.7 Å². The van der Waals surface area contributed by atoms with E-state index in [1.165, 1.54) is 16.6 Å². The van der Waals surface area contributed by atoms with Crippen molar-refractivity contribution in [3.8, 4) is 0 Å². The van der Waals surface area contributed by atoms with Crippen LogP contribution in [0.25, 0.3) is 0 Å². The Morgan fingerprint density at radius 1 is 0.938 bits per heavy atom. The molecule has 0 amide bonds. The summed E-state index contributed by atoms with van der Waals surface area (Å²) in [6, 6.07) is 21.1. The zero-order valence-corrected chi connectivity index (χ0v) is 18.7. The van der Waals surface area contributed by atoms with Crippen LogP contribution >= 0.6 is 0 Å². The number of nitrogens with zero attached hydrogens (tertiary/aromatic N) is 3. The number of nitro groups is 2. The van der Waals surface area contributed by atoms with Crippen LogP contribution in [0.2, 0.25) is 4.82 Å². The number of non-ortho nitro benzene ring substituents is 1. The summed E-state index contributed by atoms with van der Waals surface area (Å²) in [6.07, 6.45) is 0. The maximum absolute atomic E-state index is 11.6. The molecule has 9 nitrogen and oxygen atoms in total. The van der Waals surface area contributed by atoms with Gasteiger partial charge in [0.2, 0.25) is 0 Å². The molecule has 0 aliphatic carbocycles. The first-order chi connectivity index (χ1) is 15.4. The van der Waals surface area contributed by atoms with Gasteiger partial charge < -0.3 is 0 Å². The molecule has 3 aromatic rings. The van der Waals surface area contributed by atoms with Gasteiger partial charge in [0.05, 0.1) is 0 Å². The average molecular weight is 496 g/mol. The van der Waals surface area contributed by atoms with Crippen LogP contribution in [-0.2, 0) is 0 Å². The fourth-order valence-corrected chi connectivity index (χ4v) is 5.64. The summed E-state index contributed by atoms with van der Waals surface area (Å²) in [5, 5.41) is 29.4. The van der Waals surface area contributed by atoms with Crippen LogP contribution < -0.4 is 15.1 Å². The Morgan fingerprint density at radius 2 is 1.62 bits per heavy atom. The SMILES string of the molecule is CC([Se]c1ccccc1)C1Nc2ccccc2NC1=Nc1ccc([N+](=O)[O-])cc1[N+](=O)[O-]. The predicted molar refractivity (Wildman–Crippen MR) is 126 cm³/mol. The molecular weight excluding hydrogens is 477 g/mol. The van der Waals surface area contributed by atoms with Crippen molar-refractivity contribution in [2.75, 3.05) is 10.6 Å². The molecule has 0 fully saturated rings. The Labute approximate surface area is 190 Å². The Kier molecular flexibility index (Phi) is 6.16. The molecule has 0 spiro atoms. The number of benzene rings is 3. The van der Waals surface area contributed by atoms with E-state index in [0.29, 0.717) is 5.84 Å². The number of amidine groups is 1. The van der Waals surface area contributed by atoms with Gasteiger partial charge in [-0.25, -0.2) is 0 Å². The van der Waals surface area contributed by atoms with E-state index in [4.69, 9.17) is 0 Å². The minimum atomic E-state index is -0.659. The van der Waals surface area contributed by atoms with Gasteiger partial charge >= 0.3 is 190 Å². The van der Waals surface area contributed by atoms with Gasteiger partial charge in [0.15, 0.2) is 0 Å². The van der Waals surface area contributed by atoms with Gasteiger partial charge in [0.1, 0.15) is 0 Å². The second kappa shape index (κ2) is 9.17. The third kappa shape index (κ3) is 4.61. The number of anilines is 2. The van der Waals surface area contributed by atoms with Crippen molar-refractivity contribution < 1.29 is 9.85 Å². The van der Waals surface area contributed by atoms with Crippen molar-refractivity contribution in [3.05, 3.63) is 93.0 Å². The zero-order valence-electron chi connectivity index (χ0n) is 17.0. The first kappa shape index (κ1) is 21.5. The van der Waals surface area contributed by atoms with Crippen LogP contribution in [0.15, 0.2) is 77.8 Å². The van der Waals surface area contributed by atoms with Crippen molar-refractivity contribution in [1.82, 2.24) is 0 Å². The first-order valence-corrected chi connectivity index (χ1v) is 11.6. The summed E-state index contributed by atoms with van der Waals surface area (Å²) in [5.74, 6) is 0.533. The molecule has 162 valence electrons. The van der Waals surface area contributed by atoms with Gasteiger partial charge in [-0.2, -0.15) is 0 Å². The van der Waals surface area contributed by atoms with Crippen LogP contribution in [0.4, 0.5) is 28.4 Å². The number of aliphatic imine (C=N–C) groups is 1. The van der Waals surface area contributed by atoms with Crippen molar-refractivity contribution >= 4 is 53.7 Å². The molecule has 1 heterocycles. The minimum absolute atomic E-state index is 0.0636. The van der Waals surface area contributed by atoms with Gasteiger partial charge in [-0.3, -0.25) is 0 Å². The zero-order chi connectivity index (χ0) is 22.7. The Balaban J connectivity index is 1.74. The molecular formula is C22H19N5O4Se. The molecule has 0 saturated carbocycles. The first-order valence-electron chi connectivity index (χ1n) is 9.78. The number of hydrogen-bond acceptors (Lipinski definition) is 6.